The number of likely N-dealkylation sites (N-methyl/N-ethyl adjacent to an activating group) is 1. The van der Waals surface area contributed by atoms with Gasteiger partial charge in [-0.2, -0.15) is 4.98 Å². The lowest BCUT2D eigenvalue weighted by atomic mass is 10.2. The van der Waals surface area contributed by atoms with Crippen LogP contribution < -0.4 is 15.1 Å². The molecule has 1 aliphatic rings. The van der Waals surface area contributed by atoms with E-state index in [4.69, 9.17) is 26.0 Å². The topological polar surface area (TPSA) is 73.6 Å². The Bertz CT molecular complexity index is 1290. The highest BCUT2D eigenvalue weighted by molar-refractivity contribution is 6.31. The SMILES string of the molecule is Cc1cc(N(CCCNc2ccnc3cc(Cl)ccc23)Cc2ccco2)nc(N2CCN(C)CC2)n1. The van der Waals surface area contributed by atoms with Gasteiger partial charge in [-0.3, -0.25) is 4.98 Å². The first-order valence-corrected chi connectivity index (χ1v) is 12.8. The van der Waals surface area contributed by atoms with Crippen molar-refractivity contribution in [3.8, 4) is 0 Å². The fraction of sp³-hybridized carbons (Fsp3) is 0.370. The largest absolute Gasteiger partial charge is 0.467 e. The minimum absolute atomic E-state index is 0.655. The third-order valence-electron chi connectivity index (χ3n) is 6.49. The van der Waals surface area contributed by atoms with E-state index in [9.17, 15) is 0 Å². The molecule has 0 saturated carbocycles. The molecule has 0 spiro atoms. The second-order valence-corrected chi connectivity index (χ2v) is 9.70. The van der Waals surface area contributed by atoms with E-state index in [1.807, 2.05) is 49.5 Å². The van der Waals surface area contributed by atoms with E-state index in [1.165, 1.54) is 0 Å². The van der Waals surface area contributed by atoms with Gasteiger partial charge < -0.3 is 24.4 Å². The van der Waals surface area contributed by atoms with Gasteiger partial charge >= 0.3 is 0 Å². The molecule has 0 amide bonds. The maximum absolute atomic E-state index is 6.14. The second-order valence-electron chi connectivity index (χ2n) is 9.26. The van der Waals surface area contributed by atoms with Crippen molar-refractivity contribution in [2.45, 2.75) is 19.9 Å². The fourth-order valence-electron chi connectivity index (χ4n) is 4.48. The van der Waals surface area contributed by atoms with Gasteiger partial charge in [-0.25, -0.2) is 4.98 Å². The van der Waals surface area contributed by atoms with Gasteiger partial charge in [-0.15, -0.1) is 0 Å². The van der Waals surface area contributed by atoms with Gasteiger partial charge in [-0.1, -0.05) is 11.6 Å². The predicted octanol–water partition coefficient (Wildman–Crippen LogP) is 4.84. The lowest BCUT2D eigenvalue weighted by Crippen LogP contribution is -2.45. The van der Waals surface area contributed by atoms with Crippen LogP contribution >= 0.6 is 11.6 Å². The molecule has 0 unspecified atom stereocenters. The molecule has 4 aromatic rings. The molecule has 8 nitrogen and oxygen atoms in total. The molecule has 1 N–H and O–H groups in total. The summed E-state index contributed by atoms with van der Waals surface area (Å²) >= 11 is 6.14. The van der Waals surface area contributed by atoms with Crippen LogP contribution in [0, 0.1) is 6.92 Å². The molecule has 1 saturated heterocycles. The summed E-state index contributed by atoms with van der Waals surface area (Å²) in [6, 6.07) is 13.8. The van der Waals surface area contributed by atoms with Gasteiger partial charge in [0, 0.05) is 73.3 Å². The number of furan rings is 1. The van der Waals surface area contributed by atoms with Crippen LogP contribution in [-0.2, 0) is 6.54 Å². The van der Waals surface area contributed by atoms with E-state index in [1.54, 1.807) is 6.26 Å². The van der Waals surface area contributed by atoms with E-state index >= 15 is 0 Å². The van der Waals surface area contributed by atoms with E-state index in [-0.39, 0.29) is 0 Å². The van der Waals surface area contributed by atoms with Gasteiger partial charge in [0.05, 0.1) is 18.3 Å². The maximum Gasteiger partial charge on any atom is 0.227 e. The first-order valence-electron chi connectivity index (χ1n) is 12.4. The van der Waals surface area contributed by atoms with E-state index in [2.05, 4.69) is 38.1 Å². The molecular formula is C27H32ClN7O. The molecule has 188 valence electrons. The maximum atomic E-state index is 6.14. The standard InChI is InChI=1S/C27H32ClN7O/c1-20-17-26(32-27(31-20)34-14-12-33(2)13-15-34)35(19-22-5-3-16-36-22)11-4-9-29-24-8-10-30-25-18-21(28)6-7-23(24)25/h3,5-8,10,16-18H,4,9,11-15,19H2,1-2H3,(H,29,30). The number of fused-ring (bicyclic) bond motifs is 1. The summed E-state index contributed by atoms with van der Waals surface area (Å²) in [5.74, 6) is 2.65. The minimum Gasteiger partial charge on any atom is -0.467 e. The summed E-state index contributed by atoms with van der Waals surface area (Å²) in [5, 5.41) is 5.33. The van der Waals surface area contributed by atoms with Crippen molar-refractivity contribution in [2.75, 3.05) is 61.4 Å². The molecule has 36 heavy (non-hydrogen) atoms. The number of benzene rings is 1. The zero-order valence-corrected chi connectivity index (χ0v) is 21.6. The van der Waals surface area contributed by atoms with Crippen LogP contribution in [0.2, 0.25) is 5.02 Å². The Morgan fingerprint density at radius 3 is 2.75 bits per heavy atom. The van der Waals surface area contributed by atoms with Crippen molar-refractivity contribution >= 4 is 40.0 Å². The van der Waals surface area contributed by atoms with Crippen LogP contribution in [0.25, 0.3) is 10.9 Å². The molecule has 5 rings (SSSR count). The highest BCUT2D eigenvalue weighted by Gasteiger charge is 2.19. The second kappa shape index (κ2) is 11.1. The number of nitrogens with one attached hydrogen (secondary N) is 1. The zero-order chi connectivity index (χ0) is 24.9. The Balaban J connectivity index is 1.29. The Kier molecular flexibility index (Phi) is 7.53. The Morgan fingerprint density at radius 1 is 1.08 bits per heavy atom. The van der Waals surface area contributed by atoms with Crippen LogP contribution in [0.1, 0.15) is 17.9 Å². The van der Waals surface area contributed by atoms with Crippen LogP contribution in [0.3, 0.4) is 0 Å². The molecule has 3 aromatic heterocycles. The number of nitrogens with zero attached hydrogens (tertiary/aromatic N) is 6. The van der Waals surface area contributed by atoms with Crippen molar-refractivity contribution in [1.29, 1.82) is 0 Å². The van der Waals surface area contributed by atoms with Crippen LogP contribution in [-0.4, -0.2) is 66.2 Å². The highest BCUT2D eigenvalue weighted by atomic mass is 35.5. The molecule has 1 aromatic carbocycles. The third kappa shape index (κ3) is 5.88. The molecule has 0 radical (unpaired) electrons. The number of anilines is 3. The lowest BCUT2D eigenvalue weighted by Gasteiger charge is -2.33. The van der Waals surface area contributed by atoms with Crippen molar-refractivity contribution in [1.82, 2.24) is 19.9 Å². The van der Waals surface area contributed by atoms with Crippen molar-refractivity contribution in [3.63, 3.8) is 0 Å². The monoisotopic (exact) mass is 505 g/mol. The summed E-state index contributed by atoms with van der Waals surface area (Å²) in [5.41, 5.74) is 2.92. The lowest BCUT2D eigenvalue weighted by molar-refractivity contribution is 0.311. The van der Waals surface area contributed by atoms with Gasteiger partial charge in [-0.05, 0) is 56.8 Å². The molecule has 9 heteroatoms. The number of hydrogen-bond acceptors (Lipinski definition) is 8. The number of aromatic nitrogens is 3. The smallest absolute Gasteiger partial charge is 0.227 e. The first-order chi connectivity index (χ1) is 17.5. The fourth-order valence-corrected chi connectivity index (χ4v) is 4.65. The van der Waals surface area contributed by atoms with Gasteiger partial charge in [0.1, 0.15) is 11.6 Å². The first kappa shape index (κ1) is 24.3. The average molecular weight is 506 g/mol. The summed E-state index contributed by atoms with van der Waals surface area (Å²) < 4.78 is 5.67. The average Bonchev–Trinajstić information content (AvgIpc) is 3.39. The van der Waals surface area contributed by atoms with Gasteiger partial charge in [0.15, 0.2) is 0 Å². The number of piperazine rings is 1. The number of hydrogen-bond donors (Lipinski definition) is 1. The highest BCUT2D eigenvalue weighted by Crippen LogP contribution is 2.25. The molecular weight excluding hydrogens is 474 g/mol. The molecule has 1 aliphatic heterocycles. The number of pyridine rings is 1. The predicted molar refractivity (Wildman–Crippen MR) is 146 cm³/mol. The van der Waals surface area contributed by atoms with Crippen molar-refractivity contribution in [3.05, 3.63) is 71.4 Å². The van der Waals surface area contributed by atoms with Crippen LogP contribution in [0.4, 0.5) is 17.5 Å². The molecule has 0 aliphatic carbocycles. The Labute approximate surface area is 216 Å². The normalized spacial score (nSPS) is 14.4. The molecule has 1 fully saturated rings. The quantitative estimate of drug-likeness (QED) is 0.324. The number of rotatable bonds is 9. The van der Waals surface area contributed by atoms with E-state index in [0.29, 0.717) is 11.6 Å². The van der Waals surface area contributed by atoms with Crippen molar-refractivity contribution in [2.24, 2.45) is 0 Å². The van der Waals surface area contributed by atoms with E-state index in [0.717, 1.165) is 85.5 Å². The summed E-state index contributed by atoms with van der Waals surface area (Å²) in [4.78, 5) is 21.1. The summed E-state index contributed by atoms with van der Waals surface area (Å²) in [7, 11) is 2.16. The Hall–Kier alpha value is -3.36. The van der Waals surface area contributed by atoms with Gasteiger partial charge in [0.2, 0.25) is 5.95 Å². The number of aryl methyl sites for hydroxylation is 1. The molecule has 0 bridgehead atoms. The summed E-state index contributed by atoms with van der Waals surface area (Å²) in [6.07, 6.45) is 4.45. The Morgan fingerprint density at radius 2 is 1.94 bits per heavy atom. The number of halogens is 1. The van der Waals surface area contributed by atoms with Crippen LogP contribution in [0.5, 0.6) is 0 Å². The van der Waals surface area contributed by atoms with Crippen molar-refractivity contribution < 1.29 is 4.42 Å². The van der Waals surface area contributed by atoms with Crippen LogP contribution in [0.15, 0.2) is 59.3 Å². The third-order valence-corrected chi connectivity index (χ3v) is 6.73. The van der Waals surface area contributed by atoms with Gasteiger partial charge in [0.25, 0.3) is 0 Å². The summed E-state index contributed by atoms with van der Waals surface area (Å²) in [6.45, 7) is 8.24. The molecule has 4 heterocycles. The van der Waals surface area contributed by atoms with E-state index < -0.39 is 0 Å². The molecule has 0 atom stereocenters. The minimum atomic E-state index is 0.655. The zero-order valence-electron chi connectivity index (χ0n) is 20.8.